The second-order valence-electron chi connectivity index (χ2n) is 7.09. The van der Waals surface area contributed by atoms with Gasteiger partial charge in [0.2, 0.25) is 5.91 Å². The van der Waals surface area contributed by atoms with Gasteiger partial charge in [-0.3, -0.25) is 4.79 Å². The fraction of sp³-hybridized carbons (Fsp3) is 0.588. The number of nitrogens with zero attached hydrogens (tertiary/aromatic N) is 1. The van der Waals surface area contributed by atoms with Crippen LogP contribution in [0.1, 0.15) is 37.5 Å². The Morgan fingerprint density at radius 2 is 1.95 bits per heavy atom. The fourth-order valence-electron chi connectivity index (χ4n) is 4.80. The Bertz CT molecular complexity index is 566. The SMILES string of the molecule is O=C1[C@@H]2CC3(CC3)C[C@@H]2[C@H]2CO[C@@H](c3ccccc3)N12. The van der Waals surface area contributed by atoms with Crippen molar-refractivity contribution in [1.82, 2.24) is 4.90 Å². The molecule has 1 aromatic carbocycles. The second kappa shape index (κ2) is 3.64. The van der Waals surface area contributed by atoms with E-state index in [1.165, 1.54) is 19.3 Å². The van der Waals surface area contributed by atoms with Gasteiger partial charge >= 0.3 is 0 Å². The average Bonchev–Trinajstić information content (AvgIpc) is 2.83. The quantitative estimate of drug-likeness (QED) is 0.784. The smallest absolute Gasteiger partial charge is 0.228 e. The van der Waals surface area contributed by atoms with E-state index >= 15 is 0 Å². The van der Waals surface area contributed by atoms with Gasteiger partial charge in [0.15, 0.2) is 6.23 Å². The number of rotatable bonds is 1. The molecule has 4 atom stereocenters. The lowest BCUT2D eigenvalue weighted by Gasteiger charge is -2.25. The number of hydrogen-bond acceptors (Lipinski definition) is 2. The summed E-state index contributed by atoms with van der Waals surface area (Å²) in [6, 6.07) is 10.5. The Morgan fingerprint density at radius 3 is 2.70 bits per heavy atom. The third-order valence-electron chi connectivity index (χ3n) is 5.98. The number of fused-ring (bicyclic) bond motifs is 3. The highest BCUT2D eigenvalue weighted by Crippen LogP contribution is 2.65. The van der Waals surface area contributed by atoms with Crippen LogP contribution in [0.15, 0.2) is 30.3 Å². The molecule has 1 amide bonds. The molecule has 20 heavy (non-hydrogen) atoms. The number of carbonyl (C=O) groups is 1. The molecule has 3 heteroatoms. The summed E-state index contributed by atoms with van der Waals surface area (Å²) in [7, 11) is 0. The first-order valence-corrected chi connectivity index (χ1v) is 7.76. The van der Waals surface area contributed by atoms with Gasteiger partial charge in [0.05, 0.1) is 12.6 Å². The topological polar surface area (TPSA) is 29.5 Å². The molecule has 0 bridgehead atoms. The van der Waals surface area contributed by atoms with Crippen molar-refractivity contribution in [1.29, 1.82) is 0 Å². The van der Waals surface area contributed by atoms with E-state index < -0.39 is 0 Å². The van der Waals surface area contributed by atoms with Crippen molar-refractivity contribution in [2.45, 2.75) is 38.0 Å². The second-order valence-corrected chi connectivity index (χ2v) is 7.09. The number of carbonyl (C=O) groups excluding carboxylic acids is 1. The van der Waals surface area contributed by atoms with Gasteiger partial charge in [-0.2, -0.15) is 0 Å². The molecule has 0 N–H and O–H groups in total. The summed E-state index contributed by atoms with van der Waals surface area (Å²) >= 11 is 0. The van der Waals surface area contributed by atoms with Crippen LogP contribution in [-0.2, 0) is 9.53 Å². The standard InChI is InChI=1S/C17H19NO2/c19-15-13-9-17(6-7-17)8-12(13)14-10-20-16(18(14)15)11-4-2-1-3-5-11/h1-5,12-14,16H,6-10H2/t12-,13+,14+,16-/m0/s1. The Kier molecular flexibility index (Phi) is 2.06. The molecule has 3 nitrogen and oxygen atoms in total. The summed E-state index contributed by atoms with van der Waals surface area (Å²) in [4.78, 5) is 14.9. The molecule has 2 aliphatic carbocycles. The number of amides is 1. The third kappa shape index (κ3) is 1.37. The van der Waals surface area contributed by atoms with Gasteiger partial charge < -0.3 is 9.64 Å². The Labute approximate surface area is 118 Å². The van der Waals surface area contributed by atoms with E-state index in [2.05, 4.69) is 17.0 Å². The summed E-state index contributed by atoms with van der Waals surface area (Å²) in [5.41, 5.74) is 1.67. The number of hydrogen-bond donors (Lipinski definition) is 0. The van der Waals surface area contributed by atoms with E-state index in [0.717, 1.165) is 18.6 Å². The van der Waals surface area contributed by atoms with Crippen molar-refractivity contribution in [3.8, 4) is 0 Å². The van der Waals surface area contributed by atoms with Crippen molar-refractivity contribution in [3.63, 3.8) is 0 Å². The normalized spacial score (nSPS) is 40.2. The van der Waals surface area contributed by atoms with E-state index in [4.69, 9.17) is 4.74 Å². The maximum absolute atomic E-state index is 12.8. The zero-order chi connectivity index (χ0) is 13.3. The van der Waals surface area contributed by atoms with Crippen molar-refractivity contribution >= 4 is 5.91 Å². The summed E-state index contributed by atoms with van der Waals surface area (Å²) in [6.07, 6.45) is 4.96. The van der Waals surface area contributed by atoms with E-state index in [1.54, 1.807) is 0 Å². The van der Waals surface area contributed by atoms with Crippen LogP contribution in [0.25, 0.3) is 0 Å². The van der Waals surface area contributed by atoms with Gasteiger partial charge in [0.25, 0.3) is 0 Å². The Morgan fingerprint density at radius 1 is 1.15 bits per heavy atom. The van der Waals surface area contributed by atoms with Crippen LogP contribution in [0.5, 0.6) is 0 Å². The first kappa shape index (κ1) is 11.3. The molecule has 2 aliphatic heterocycles. The summed E-state index contributed by atoms with van der Waals surface area (Å²) in [6.45, 7) is 0.725. The van der Waals surface area contributed by atoms with Crippen LogP contribution >= 0.6 is 0 Å². The Hall–Kier alpha value is -1.35. The van der Waals surface area contributed by atoms with Gasteiger partial charge in [-0.05, 0) is 37.0 Å². The lowest BCUT2D eigenvalue weighted by molar-refractivity contribution is -0.137. The lowest BCUT2D eigenvalue weighted by Crippen LogP contribution is -2.34. The van der Waals surface area contributed by atoms with Crippen molar-refractivity contribution < 1.29 is 9.53 Å². The Balaban J connectivity index is 1.47. The zero-order valence-corrected chi connectivity index (χ0v) is 11.5. The molecule has 4 fully saturated rings. The molecule has 0 aromatic heterocycles. The highest BCUT2D eigenvalue weighted by atomic mass is 16.5. The molecule has 5 rings (SSSR count). The number of ether oxygens (including phenoxy) is 1. The molecule has 2 heterocycles. The highest BCUT2D eigenvalue weighted by molar-refractivity contribution is 5.83. The van der Waals surface area contributed by atoms with Gasteiger partial charge in [0.1, 0.15) is 0 Å². The van der Waals surface area contributed by atoms with E-state index in [0.29, 0.717) is 23.3 Å². The summed E-state index contributed by atoms with van der Waals surface area (Å²) in [5.74, 6) is 1.20. The minimum absolute atomic E-state index is 0.144. The molecule has 2 saturated carbocycles. The molecule has 0 radical (unpaired) electrons. The van der Waals surface area contributed by atoms with E-state index in [1.807, 2.05) is 18.2 Å². The largest absolute Gasteiger partial charge is 0.352 e. The highest BCUT2D eigenvalue weighted by Gasteiger charge is 2.63. The van der Waals surface area contributed by atoms with Crippen molar-refractivity contribution in [3.05, 3.63) is 35.9 Å². The van der Waals surface area contributed by atoms with Gasteiger partial charge in [-0.15, -0.1) is 0 Å². The monoisotopic (exact) mass is 269 g/mol. The van der Waals surface area contributed by atoms with Crippen LogP contribution in [0, 0.1) is 17.3 Å². The maximum Gasteiger partial charge on any atom is 0.228 e. The lowest BCUT2D eigenvalue weighted by atomic mass is 9.94. The van der Waals surface area contributed by atoms with Crippen molar-refractivity contribution in [2.24, 2.45) is 17.3 Å². The first-order valence-electron chi connectivity index (χ1n) is 7.76. The third-order valence-corrected chi connectivity index (χ3v) is 5.98. The number of benzene rings is 1. The summed E-state index contributed by atoms with van der Waals surface area (Å²) < 4.78 is 5.98. The average molecular weight is 269 g/mol. The van der Waals surface area contributed by atoms with Gasteiger partial charge in [-0.25, -0.2) is 0 Å². The van der Waals surface area contributed by atoms with Crippen LogP contribution < -0.4 is 0 Å². The summed E-state index contributed by atoms with van der Waals surface area (Å²) in [5, 5.41) is 0. The predicted octanol–water partition coefficient (Wildman–Crippen LogP) is 2.73. The molecule has 1 spiro atoms. The van der Waals surface area contributed by atoms with Crippen LogP contribution in [-0.4, -0.2) is 23.5 Å². The maximum atomic E-state index is 12.8. The zero-order valence-electron chi connectivity index (χ0n) is 11.5. The predicted molar refractivity (Wildman–Crippen MR) is 73.7 cm³/mol. The fourth-order valence-corrected chi connectivity index (χ4v) is 4.80. The molecule has 2 saturated heterocycles. The van der Waals surface area contributed by atoms with Crippen LogP contribution in [0.2, 0.25) is 0 Å². The molecule has 1 aromatic rings. The van der Waals surface area contributed by atoms with Crippen molar-refractivity contribution in [2.75, 3.05) is 6.61 Å². The minimum Gasteiger partial charge on any atom is -0.352 e. The van der Waals surface area contributed by atoms with Gasteiger partial charge in [0, 0.05) is 11.5 Å². The first-order chi connectivity index (χ1) is 9.77. The minimum atomic E-state index is -0.144. The van der Waals surface area contributed by atoms with Crippen LogP contribution in [0.4, 0.5) is 0 Å². The molecule has 4 aliphatic rings. The molecule has 0 unspecified atom stereocenters. The molecular weight excluding hydrogens is 250 g/mol. The van der Waals surface area contributed by atoms with E-state index in [9.17, 15) is 4.79 Å². The van der Waals surface area contributed by atoms with E-state index in [-0.39, 0.29) is 12.1 Å². The van der Waals surface area contributed by atoms with Crippen LogP contribution in [0.3, 0.4) is 0 Å². The molecule has 104 valence electrons. The van der Waals surface area contributed by atoms with Gasteiger partial charge in [-0.1, -0.05) is 30.3 Å². The molecular formula is C17H19NO2.